The molecule has 0 unspecified atom stereocenters. The number of aromatic nitrogens is 2. The van der Waals surface area contributed by atoms with Gasteiger partial charge < -0.3 is 15.2 Å². The number of likely N-dealkylation sites (tertiary alicyclic amines) is 1. The zero-order valence-electron chi connectivity index (χ0n) is 20.7. The number of anilines is 2. The summed E-state index contributed by atoms with van der Waals surface area (Å²) in [6.45, 7) is 3.99. The second-order valence-corrected chi connectivity index (χ2v) is 11.7. The minimum Gasteiger partial charge on any atom is -0.340 e. The first-order chi connectivity index (χ1) is 17.2. The van der Waals surface area contributed by atoms with E-state index in [0.29, 0.717) is 33.9 Å². The van der Waals surface area contributed by atoms with E-state index in [1.54, 1.807) is 25.3 Å². The van der Waals surface area contributed by atoms with Crippen molar-refractivity contribution in [1.29, 1.82) is 0 Å². The molecule has 7 nitrogen and oxygen atoms in total. The summed E-state index contributed by atoms with van der Waals surface area (Å²) < 4.78 is 24.6. The monoisotopic (exact) mass is 502 g/mol. The number of hydrogen-bond donors (Lipinski definition) is 2. The Balaban J connectivity index is 1.53. The molecule has 1 saturated heterocycles. The first-order valence-corrected chi connectivity index (χ1v) is 14.0. The second-order valence-electron chi connectivity index (χ2n) is 9.70. The maximum Gasteiger partial charge on any atom is 0.259 e. The number of H-pyrrole nitrogens is 1. The van der Waals surface area contributed by atoms with E-state index in [0.717, 1.165) is 37.0 Å². The van der Waals surface area contributed by atoms with Crippen LogP contribution in [0.3, 0.4) is 0 Å². The van der Waals surface area contributed by atoms with Crippen molar-refractivity contribution in [2.24, 2.45) is 0 Å². The number of aryl methyl sites for hydroxylation is 1. The van der Waals surface area contributed by atoms with E-state index in [2.05, 4.69) is 34.4 Å². The van der Waals surface area contributed by atoms with Crippen LogP contribution in [0.2, 0.25) is 0 Å². The van der Waals surface area contributed by atoms with Gasteiger partial charge >= 0.3 is 0 Å². The van der Waals surface area contributed by atoms with Gasteiger partial charge in [0.05, 0.1) is 16.0 Å². The van der Waals surface area contributed by atoms with Gasteiger partial charge in [0.1, 0.15) is 5.82 Å². The number of nitrogens with zero attached hydrogens (tertiary/aromatic N) is 2. The Hall–Kier alpha value is -3.49. The highest BCUT2D eigenvalue weighted by Crippen LogP contribution is 2.32. The molecule has 2 N–H and O–H groups in total. The summed E-state index contributed by atoms with van der Waals surface area (Å²) >= 11 is 0. The molecule has 3 heterocycles. The molecular formula is C28H30N4O3S. The van der Waals surface area contributed by atoms with Crippen LogP contribution >= 0.6 is 0 Å². The van der Waals surface area contributed by atoms with Crippen LogP contribution in [0.5, 0.6) is 0 Å². The summed E-state index contributed by atoms with van der Waals surface area (Å²) in [4.78, 5) is 22.9. The van der Waals surface area contributed by atoms with E-state index >= 15 is 0 Å². The molecule has 1 aliphatic rings. The molecule has 2 aromatic carbocycles. The quantitative estimate of drug-likeness (QED) is 0.405. The molecule has 0 spiro atoms. The van der Waals surface area contributed by atoms with E-state index in [9.17, 15) is 13.2 Å². The van der Waals surface area contributed by atoms with Gasteiger partial charge in [0.2, 0.25) is 0 Å². The third-order valence-corrected chi connectivity index (χ3v) is 8.24. The fourth-order valence-corrected chi connectivity index (χ4v) is 5.92. The van der Waals surface area contributed by atoms with Gasteiger partial charge in [-0.15, -0.1) is 0 Å². The second kappa shape index (κ2) is 9.52. The van der Waals surface area contributed by atoms with Crippen LogP contribution in [0.25, 0.3) is 22.0 Å². The maximum absolute atomic E-state index is 12.7. The Morgan fingerprint density at radius 1 is 1.03 bits per heavy atom. The number of hydrogen-bond acceptors (Lipinski definition) is 6. The molecule has 0 radical (unpaired) electrons. The molecule has 36 heavy (non-hydrogen) atoms. The lowest BCUT2D eigenvalue weighted by atomic mass is 9.89. The first kappa shape index (κ1) is 24.2. The lowest BCUT2D eigenvalue weighted by Gasteiger charge is -2.29. The van der Waals surface area contributed by atoms with Crippen molar-refractivity contribution in [1.82, 2.24) is 14.9 Å². The van der Waals surface area contributed by atoms with Gasteiger partial charge in [-0.1, -0.05) is 24.3 Å². The number of pyridine rings is 2. The summed E-state index contributed by atoms with van der Waals surface area (Å²) in [5, 5.41) is 4.51. The van der Waals surface area contributed by atoms with Crippen LogP contribution < -0.4 is 10.9 Å². The van der Waals surface area contributed by atoms with Crippen molar-refractivity contribution < 1.29 is 8.42 Å². The van der Waals surface area contributed by atoms with Crippen LogP contribution in [0.1, 0.15) is 29.9 Å². The molecule has 2 aromatic heterocycles. The largest absolute Gasteiger partial charge is 0.340 e. The van der Waals surface area contributed by atoms with Crippen molar-refractivity contribution in [2.75, 3.05) is 31.7 Å². The fourth-order valence-electron chi connectivity index (χ4n) is 4.93. The zero-order chi connectivity index (χ0) is 25.4. The highest BCUT2D eigenvalue weighted by atomic mass is 32.2. The Bertz CT molecular complexity index is 1590. The third kappa shape index (κ3) is 4.92. The lowest BCUT2D eigenvalue weighted by Crippen LogP contribution is -2.29. The number of piperidine rings is 1. The maximum atomic E-state index is 12.7. The molecule has 0 bridgehead atoms. The van der Waals surface area contributed by atoms with Gasteiger partial charge in [-0.05, 0) is 92.7 Å². The molecule has 0 amide bonds. The minimum absolute atomic E-state index is 0.238. The number of nitrogens with one attached hydrogen (secondary N) is 2. The van der Waals surface area contributed by atoms with Crippen molar-refractivity contribution in [3.05, 3.63) is 82.3 Å². The highest BCUT2D eigenvalue weighted by molar-refractivity contribution is 7.90. The lowest BCUT2D eigenvalue weighted by molar-refractivity contribution is 0.255. The van der Waals surface area contributed by atoms with Crippen LogP contribution in [0.4, 0.5) is 11.5 Å². The van der Waals surface area contributed by atoms with Gasteiger partial charge in [-0.3, -0.25) is 4.79 Å². The molecule has 0 atom stereocenters. The molecular weight excluding hydrogens is 472 g/mol. The van der Waals surface area contributed by atoms with Crippen LogP contribution in [-0.2, 0) is 9.84 Å². The number of rotatable bonds is 5. The van der Waals surface area contributed by atoms with Gasteiger partial charge in [0, 0.05) is 23.7 Å². The van der Waals surface area contributed by atoms with Crippen molar-refractivity contribution in [3.63, 3.8) is 0 Å². The summed E-state index contributed by atoms with van der Waals surface area (Å²) in [6, 6.07) is 17.3. The number of fused-ring (bicyclic) bond motifs is 1. The highest BCUT2D eigenvalue weighted by Gasteiger charge is 2.19. The summed E-state index contributed by atoms with van der Waals surface area (Å²) in [7, 11) is -1.23. The predicted molar refractivity (Wildman–Crippen MR) is 145 cm³/mol. The average Bonchev–Trinajstić information content (AvgIpc) is 2.84. The molecule has 0 saturated carbocycles. The van der Waals surface area contributed by atoms with Crippen LogP contribution in [0, 0.1) is 6.92 Å². The Morgan fingerprint density at radius 3 is 2.44 bits per heavy atom. The van der Waals surface area contributed by atoms with E-state index in [1.165, 1.54) is 11.8 Å². The van der Waals surface area contributed by atoms with Gasteiger partial charge in [-0.2, -0.15) is 0 Å². The molecule has 1 fully saturated rings. The Labute approximate surface area is 211 Å². The standard InChI is InChI=1S/C28H30N4O3S/c1-18-4-5-21(17-25(18)36(3,34)35)24-16-22-10-13-29-28(33)26(22)27(31-24)30-23-8-6-19(7-9-23)20-11-14-32(2)15-12-20/h4-10,13,16-17,20H,11-12,14-15H2,1-3H3,(H,29,33)(H,30,31). The molecule has 4 aromatic rings. The average molecular weight is 503 g/mol. The molecule has 8 heteroatoms. The van der Waals surface area contributed by atoms with Crippen molar-refractivity contribution >= 4 is 32.1 Å². The molecule has 186 valence electrons. The minimum atomic E-state index is -3.39. The van der Waals surface area contributed by atoms with E-state index in [1.807, 2.05) is 30.3 Å². The topological polar surface area (TPSA) is 95.2 Å². The number of sulfone groups is 1. The first-order valence-electron chi connectivity index (χ1n) is 12.1. The van der Waals surface area contributed by atoms with Gasteiger partial charge in [0.15, 0.2) is 9.84 Å². The van der Waals surface area contributed by atoms with Gasteiger partial charge in [-0.25, -0.2) is 13.4 Å². The fraction of sp³-hybridized carbons (Fsp3) is 0.286. The molecule has 1 aliphatic heterocycles. The van der Waals surface area contributed by atoms with Gasteiger partial charge in [0.25, 0.3) is 5.56 Å². The van der Waals surface area contributed by atoms with Crippen molar-refractivity contribution in [2.45, 2.75) is 30.6 Å². The zero-order valence-corrected chi connectivity index (χ0v) is 21.5. The predicted octanol–water partition coefficient (Wildman–Crippen LogP) is 4.85. The molecule has 0 aliphatic carbocycles. The smallest absolute Gasteiger partial charge is 0.259 e. The van der Waals surface area contributed by atoms with E-state index in [4.69, 9.17) is 4.98 Å². The third-order valence-electron chi connectivity index (χ3n) is 7.00. The molecule has 5 rings (SSSR count). The Kier molecular flexibility index (Phi) is 6.40. The van der Waals surface area contributed by atoms with Crippen LogP contribution in [-0.4, -0.2) is 49.7 Å². The van der Waals surface area contributed by atoms with E-state index < -0.39 is 9.84 Å². The normalized spacial score (nSPS) is 15.3. The van der Waals surface area contributed by atoms with E-state index in [-0.39, 0.29) is 10.5 Å². The SMILES string of the molecule is Cc1ccc(-c2cc3cc[nH]c(=O)c3c(Nc3ccc(C4CCN(C)CC4)cc3)n2)cc1S(C)(=O)=O. The van der Waals surface area contributed by atoms with Crippen molar-refractivity contribution in [3.8, 4) is 11.3 Å². The van der Waals surface area contributed by atoms with Crippen LogP contribution in [0.15, 0.2) is 70.5 Å². The Morgan fingerprint density at radius 2 is 1.75 bits per heavy atom. The summed E-state index contributed by atoms with van der Waals surface area (Å²) in [5.41, 5.74) is 3.86. The summed E-state index contributed by atoms with van der Waals surface area (Å²) in [6.07, 6.45) is 5.11. The number of aromatic amines is 1. The number of benzene rings is 2. The summed E-state index contributed by atoms with van der Waals surface area (Å²) in [5.74, 6) is 0.990.